The van der Waals surface area contributed by atoms with Crippen molar-refractivity contribution in [3.63, 3.8) is 0 Å². The molecule has 0 bridgehead atoms. The van der Waals surface area contributed by atoms with Gasteiger partial charge in [0.1, 0.15) is 11.6 Å². The Kier molecular flexibility index (Phi) is 13.5. The molecule has 1 aliphatic carbocycles. The number of nitrogen functional groups attached to an aromatic ring is 1. The van der Waals surface area contributed by atoms with E-state index in [1.54, 1.807) is 33.2 Å². The van der Waals surface area contributed by atoms with Gasteiger partial charge in [-0.25, -0.2) is 4.98 Å². The van der Waals surface area contributed by atoms with Gasteiger partial charge in [-0.15, -0.1) is 0 Å². The molecule has 0 aromatic carbocycles. The lowest BCUT2D eigenvalue weighted by Gasteiger charge is -2.31. The van der Waals surface area contributed by atoms with Crippen LogP contribution in [0.2, 0.25) is 0 Å². The first-order valence-corrected chi connectivity index (χ1v) is 18.4. The number of nitrogens with one attached hydrogen (secondary N) is 1. The average Bonchev–Trinajstić information content (AvgIpc) is 3.33. The number of hydrogen-bond acceptors (Lipinski definition) is 10. The van der Waals surface area contributed by atoms with Crippen molar-refractivity contribution < 1.29 is 22.7 Å². The van der Waals surface area contributed by atoms with Crippen molar-refractivity contribution in [2.75, 3.05) is 51.0 Å². The van der Waals surface area contributed by atoms with Gasteiger partial charge in [0.25, 0.3) is 5.91 Å². The predicted molar refractivity (Wildman–Crippen MR) is 207 cm³/mol. The highest BCUT2D eigenvalue weighted by Gasteiger charge is 2.40. The van der Waals surface area contributed by atoms with E-state index in [0.717, 1.165) is 44.9 Å². The number of likely N-dealkylation sites (N-methyl/N-ethyl adjacent to an activating group) is 1. The van der Waals surface area contributed by atoms with Gasteiger partial charge in [0, 0.05) is 43.7 Å². The van der Waals surface area contributed by atoms with E-state index in [1.807, 2.05) is 4.90 Å². The van der Waals surface area contributed by atoms with Crippen LogP contribution in [-0.2, 0) is 11.0 Å². The zero-order valence-corrected chi connectivity index (χ0v) is 32.1. The number of unbranched alkanes of at least 4 members (excludes halogenated alkanes) is 3. The summed E-state index contributed by atoms with van der Waals surface area (Å²) in [5, 5.41) is 9.27. The number of halogens is 3. The summed E-state index contributed by atoms with van der Waals surface area (Å²) in [5.74, 6) is -0.00687. The molecular weight excluding hydrogens is 683 g/mol. The molecule has 2 aromatic rings. The number of nitrogens with zero attached hydrogens (tertiary/aromatic N) is 6. The van der Waals surface area contributed by atoms with Crippen molar-refractivity contribution in [2.24, 2.45) is 16.1 Å². The molecule has 1 atom stereocenters. The lowest BCUT2D eigenvalue weighted by atomic mass is 9.81. The highest BCUT2D eigenvalue weighted by molar-refractivity contribution is 6.48. The molecule has 288 valence electrons. The lowest BCUT2D eigenvalue weighted by molar-refractivity contribution is -0.138. The maximum absolute atomic E-state index is 14.5. The molecule has 53 heavy (non-hydrogen) atoms. The Morgan fingerprint density at radius 1 is 1.11 bits per heavy atom. The molecule has 2 aromatic heterocycles. The molecule has 1 amide bonds. The van der Waals surface area contributed by atoms with Gasteiger partial charge in [0.05, 0.1) is 52.8 Å². The molecule has 14 heteroatoms. The molecule has 0 radical (unpaired) electrons. The van der Waals surface area contributed by atoms with Crippen molar-refractivity contribution in [3.05, 3.63) is 52.0 Å². The molecule has 0 spiro atoms. The molecule has 11 nitrogen and oxygen atoms in total. The number of nitrogens with two attached hydrogens (primary N) is 2. The van der Waals surface area contributed by atoms with E-state index in [9.17, 15) is 23.4 Å². The van der Waals surface area contributed by atoms with Gasteiger partial charge in [0.2, 0.25) is 0 Å². The van der Waals surface area contributed by atoms with Crippen LogP contribution >= 0.6 is 0 Å². The normalized spacial score (nSPS) is 17.2. The lowest BCUT2D eigenvalue weighted by Crippen LogP contribution is -2.33. The van der Waals surface area contributed by atoms with Crippen LogP contribution in [0, 0.1) is 17.7 Å². The Labute approximate surface area is 311 Å². The fourth-order valence-corrected chi connectivity index (χ4v) is 6.80. The third-order valence-corrected chi connectivity index (χ3v) is 9.65. The standard InChI is InChI=1S/C39H54F3N9O2/c1-8-11-13-16-38(5,15-12-9-2)23-53-37-47-29-21-27(34-32(39(40,41)42)24(4)19-30(44)48-34)33(45)26(10-3)31(29)35(49-37)51-18-14-17-46-25(22-51)20-28(43)36(52)50(6)7/h10,19-21,45H,8-9,11-18,22-23,43H2,1-7H3,(H2,44,48)/b26-10-,28-20-,45-33?. The number of rotatable bonds is 14. The fourth-order valence-electron chi connectivity index (χ4n) is 6.80. The first-order valence-electron chi connectivity index (χ1n) is 18.4. The number of amides is 1. The highest BCUT2D eigenvalue weighted by atomic mass is 19.4. The smallest absolute Gasteiger partial charge is 0.418 e. The zero-order valence-electron chi connectivity index (χ0n) is 32.1. The van der Waals surface area contributed by atoms with Crippen LogP contribution in [0.25, 0.3) is 17.2 Å². The predicted octanol–water partition coefficient (Wildman–Crippen LogP) is 7.50. The Hall–Kier alpha value is -4.75. The van der Waals surface area contributed by atoms with Crippen LogP contribution in [0.15, 0.2) is 28.9 Å². The summed E-state index contributed by atoms with van der Waals surface area (Å²) in [6, 6.07) is 1.25. The molecule has 0 saturated heterocycles. The fraction of sp³-hybridized carbons (Fsp3) is 0.538. The van der Waals surface area contributed by atoms with Crippen molar-refractivity contribution in [3.8, 4) is 6.01 Å². The van der Waals surface area contributed by atoms with E-state index in [0.29, 0.717) is 54.5 Å². The quantitative estimate of drug-likeness (QED) is 0.133. The van der Waals surface area contributed by atoms with Crippen LogP contribution in [0.4, 0.5) is 24.8 Å². The van der Waals surface area contributed by atoms with Gasteiger partial charge in [0.15, 0.2) is 0 Å². The summed E-state index contributed by atoms with van der Waals surface area (Å²) < 4.78 is 50.1. The number of pyridine rings is 1. The number of hydrogen-bond donors (Lipinski definition) is 3. The molecular formula is C39H54F3N9O2. The van der Waals surface area contributed by atoms with Gasteiger partial charge in [-0.2, -0.15) is 23.1 Å². The maximum atomic E-state index is 14.5. The van der Waals surface area contributed by atoms with Crippen LogP contribution in [0.5, 0.6) is 6.01 Å². The van der Waals surface area contributed by atoms with Gasteiger partial charge in [-0.05, 0) is 56.9 Å². The van der Waals surface area contributed by atoms with E-state index in [-0.39, 0.29) is 52.2 Å². The Morgan fingerprint density at radius 2 is 1.81 bits per heavy atom. The monoisotopic (exact) mass is 737 g/mol. The Morgan fingerprint density at radius 3 is 2.45 bits per heavy atom. The first kappa shape index (κ1) is 41.0. The summed E-state index contributed by atoms with van der Waals surface area (Å²) in [5.41, 5.74) is 12.0. The highest BCUT2D eigenvalue weighted by Crippen LogP contribution is 2.44. The first-order chi connectivity index (χ1) is 25.0. The number of carbonyl (C=O) groups is 1. The minimum atomic E-state index is -4.76. The van der Waals surface area contributed by atoms with Crippen LogP contribution < -0.4 is 21.1 Å². The molecule has 5 N–H and O–H groups in total. The van der Waals surface area contributed by atoms with Crippen LogP contribution in [0.1, 0.15) is 107 Å². The van der Waals surface area contributed by atoms with Gasteiger partial charge in [-0.3, -0.25) is 15.2 Å². The average molecular weight is 738 g/mol. The molecule has 1 aliphatic heterocycles. The number of carbonyl (C=O) groups excluding carboxylic acids is 1. The summed E-state index contributed by atoms with van der Waals surface area (Å²) in [4.78, 5) is 34.5. The van der Waals surface area contributed by atoms with E-state index in [1.165, 1.54) is 24.0 Å². The van der Waals surface area contributed by atoms with E-state index < -0.39 is 17.4 Å². The Bertz CT molecular complexity index is 1810. The van der Waals surface area contributed by atoms with Crippen molar-refractivity contribution in [1.29, 1.82) is 5.41 Å². The summed E-state index contributed by atoms with van der Waals surface area (Å²) >= 11 is 0. The number of aryl methyl sites for hydroxylation is 1. The van der Waals surface area contributed by atoms with Crippen molar-refractivity contribution >= 4 is 46.2 Å². The third-order valence-electron chi connectivity index (χ3n) is 9.65. The number of fused-ring (bicyclic) bond motifs is 1. The number of aromatic nitrogens is 3. The molecule has 0 fully saturated rings. The second-order valence-corrected chi connectivity index (χ2v) is 14.4. The van der Waals surface area contributed by atoms with Crippen LogP contribution in [0.3, 0.4) is 0 Å². The van der Waals surface area contributed by atoms with E-state index >= 15 is 0 Å². The molecule has 4 rings (SSSR count). The largest absolute Gasteiger partial charge is 0.463 e. The van der Waals surface area contributed by atoms with Gasteiger partial charge >= 0.3 is 12.2 Å². The van der Waals surface area contributed by atoms with Crippen LogP contribution in [-0.4, -0.2) is 77.5 Å². The molecule has 3 heterocycles. The topological polar surface area (TPSA) is 160 Å². The van der Waals surface area contributed by atoms with E-state index in [4.69, 9.17) is 26.2 Å². The van der Waals surface area contributed by atoms with Gasteiger partial charge < -0.3 is 26.0 Å². The minimum Gasteiger partial charge on any atom is -0.463 e. The number of allylic oxidation sites excluding steroid dienone is 3. The SMILES string of the molecule is C/C=C1\C(=N)C(c2nc(N)cc(C)c2C(F)(F)F)=Cc2nc(OCC(C)(CCCC)CCCCC)nc(N3CCCN=C(/C=C(\N)C(=O)N(C)C)C3)c21. The summed E-state index contributed by atoms with van der Waals surface area (Å²) in [6.07, 6.45) is 7.86. The number of ether oxygens (including phenoxy) is 1. The summed E-state index contributed by atoms with van der Waals surface area (Å²) in [7, 11) is 3.23. The minimum absolute atomic E-state index is 0.0349. The van der Waals surface area contributed by atoms with Crippen molar-refractivity contribution in [2.45, 2.75) is 92.2 Å². The van der Waals surface area contributed by atoms with E-state index in [2.05, 4.69) is 30.7 Å². The zero-order chi connectivity index (χ0) is 39.1. The molecule has 2 aliphatic rings. The summed E-state index contributed by atoms with van der Waals surface area (Å²) in [6.45, 7) is 11.2. The van der Waals surface area contributed by atoms with Crippen molar-refractivity contribution in [1.82, 2.24) is 19.9 Å². The maximum Gasteiger partial charge on any atom is 0.418 e. The second-order valence-electron chi connectivity index (χ2n) is 14.4. The van der Waals surface area contributed by atoms with Gasteiger partial charge in [-0.1, -0.05) is 59.0 Å². The third kappa shape index (κ3) is 9.82. The number of alkyl halides is 3. The Balaban J connectivity index is 1.92. The number of anilines is 2. The molecule has 0 saturated carbocycles. The molecule has 1 unspecified atom stereocenters. The second kappa shape index (κ2) is 17.4. The number of aliphatic imine (C=N–C) groups is 1.